The molecular weight excluding hydrogens is 274 g/mol. The van der Waals surface area contributed by atoms with Crippen molar-refractivity contribution in [2.45, 2.75) is 24.8 Å². The summed E-state index contributed by atoms with van der Waals surface area (Å²) >= 11 is 0. The van der Waals surface area contributed by atoms with Crippen molar-refractivity contribution in [3.05, 3.63) is 53.0 Å². The Hall–Kier alpha value is -1.59. The molecule has 0 saturated carbocycles. The Morgan fingerprint density at radius 2 is 1.90 bits per heavy atom. The van der Waals surface area contributed by atoms with Crippen LogP contribution in [0.15, 0.2) is 39.6 Å². The molecule has 0 fully saturated rings. The fraction of sp³-hybridized carbons (Fsp3) is 0.333. The molecule has 0 aliphatic heterocycles. The van der Waals surface area contributed by atoms with Crippen molar-refractivity contribution in [3.8, 4) is 0 Å². The second kappa shape index (κ2) is 5.42. The molecule has 108 valence electrons. The molecular formula is C15H19NO3S. The van der Waals surface area contributed by atoms with Gasteiger partial charge in [-0.15, -0.1) is 0 Å². The second-order valence-electron chi connectivity index (χ2n) is 4.93. The van der Waals surface area contributed by atoms with E-state index in [9.17, 15) is 8.42 Å². The molecule has 0 aliphatic carbocycles. The van der Waals surface area contributed by atoms with Gasteiger partial charge in [-0.2, -0.15) is 0 Å². The first-order valence-corrected chi connectivity index (χ1v) is 8.26. The second-order valence-corrected chi connectivity index (χ2v) is 6.95. The van der Waals surface area contributed by atoms with Crippen molar-refractivity contribution in [1.29, 1.82) is 0 Å². The predicted molar refractivity (Wildman–Crippen MR) is 78.6 cm³/mol. The molecule has 1 aromatic heterocycles. The van der Waals surface area contributed by atoms with Gasteiger partial charge in [0.1, 0.15) is 11.5 Å². The van der Waals surface area contributed by atoms with E-state index in [2.05, 4.69) is 5.32 Å². The van der Waals surface area contributed by atoms with E-state index in [1.54, 1.807) is 18.2 Å². The molecule has 4 nitrogen and oxygen atoms in total. The highest BCUT2D eigenvalue weighted by molar-refractivity contribution is 7.90. The maximum atomic E-state index is 11.7. The lowest BCUT2D eigenvalue weighted by Crippen LogP contribution is -2.18. The molecule has 1 atom stereocenters. The van der Waals surface area contributed by atoms with Gasteiger partial charge in [0.15, 0.2) is 9.84 Å². The van der Waals surface area contributed by atoms with Crippen LogP contribution in [0.2, 0.25) is 0 Å². The summed E-state index contributed by atoms with van der Waals surface area (Å²) in [6, 6.07) is 8.88. The number of furan rings is 1. The summed E-state index contributed by atoms with van der Waals surface area (Å²) in [6.45, 7) is 3.81. The fourth-order valence-corrected chi connectivity index (χ4v) is 3.04. The van der Waals surface area contributed by atoms with Gasteiger partial charge in [-0.3, -0.25) is 0 Å². The summed E-state index contributed by atoms with van der Waals surface area (Å²) in [5.41, 5.74) is 1.93. The van der Waals surface area contributed by atoms with Gasteiger partial charge in [-0.05, 0) is 44.7 Å². The van der Waals surface area contributed by atoms with E-state index in [1.807, 2.05) is 33.0 Å². The molecule has 1 unspecified atom stereocenters. The highest BCUT2D eigenvalue weighted by Crippen LogP contribution is 2.28. The van der Waals surface area contributed by atoms with Crippen LogP contribution in [0.4, 0.5) is 0 Å². The lowest BCUT2D eigenvalue weighted by molar-refractivity contribution is 0.497. The van der Waals surface area contributed by atoms with Gasteiger partial charge in [0.2, 0.25) is 0 Å². The number of sulfone groups is 1. The Morgan fingerprint density at radius 1 is 1.20 bits per heavy atom. The third-order valence-corrected chi connectivity index (χ3v) is 4.41. The lowest BCUT2D eigenvalue weighted by Gasteiger charge is -2.16. The Labute approximate surface area is 119 Å². The fourth-order valence-electron chi connectivity index (χ4n) is 2.36. The first-order valence-electron chi connectivity index (χ1n) is 6.37. The Balaban J connectivity index is 2.50. The first-order chi connectivity index (χ1) is 9.32. The quantitative estimate of drug-likeness (QED) is 0.941. The minimum absolute atomic E-state index is 0.0888. The van der Waals surface area contributed by atoms with Crippen molar-refractivity contribution < 1.29 is 12.8 Å². The maximum absolute atomic E-state index is 11.7. The van der Waals surface area contributed by atoms with E-state index >= 15 is 0 Å². The van der Waals surface area contributed by atoms with Crippen LogP contribution in [0, 0.1) is 13.8 Å². The molecule has 1 heterocycles. The van der Waals surface area contributed by atoms with Crippen molar-refractivity contribution in [2.24, 2.45) is 0 Å². The van der Waals surface area contributed by atoms with E-state index in [0.717, 1.165) is 22.6 Å². The molecule has 20 heavy (non-hydrogen) atoms. The van der Waals surface area contributed by atoms with Gasteiger partial charge in [0.25, 0.3) is 0 Å². The summed E-state index contributed by atoms with van der Waals surface area (Å²) < 4.78 is 28.9. The number of nitrogens with one attached hydrogen (secondary N) is 1. The molecule has 0 bridgehead atoms. The maximum Gasteiger partial charge on any atom is 0.175 e. The van der Waals surface area contributed by atoms with Crippen LogP contribution in [0.3, 0.4) is 0 Å². The molecule has 0 radical (unpaired) electrons. The van der Waals surface area contributed by atoms with Crippen LogP contribution < -0.4 is 5.32 Å². The van der Waals surface area contributed by atoms with Crippen LogP contribution in [0.5, 0.6) is 0 Å². The zero-order valence-corrected chi connectivity index (χ0v) is 12.9. The molecule has 0 aliphatic rings. The topological polar surface area (TPSA) is 59.3 Å². The molecule has 0 amide bonds. The number of aryl methyl sites for hydroxylation is 2. The Kier molecular flexibility index (Phi) is 4.01. The highest BCUT2D eigenvalue weighted by Gasteiger charge is 2.19. The van der Waals surface area contributed by atoms with Crippen molar-refractivity contribution in [3.63, 3.8) is 0 Å². The summed E-state index contributed by atoms with van der Waals surface area (Å²) in [5.74, 6) is 1.68. The molecule has 1 aromatic carbocycles. The highest BCUT2D eigenvalue weighted by atomic mass is 32.2. The minimum atomic E-state index is -3.21. The number of rotatable bonds is 4. The van der Waals surface area contributed by atoms with E-state index in [0.29, 0.717) is 4.90 Å². The van der Waals surface area contributed by atoms with Crippen LogP contribution in [-0.2, 0) is 9.84 Å². The largest absolute Gasteiger partial charge is 0.466 e. The average molecular weight is 293 g/mol. The zero-order valence-electron chi connectivity index (χ0n) is 12.1. The van der Waals surface area contributed by atoms with Gasteiger partial charge < -0.3 is 9.73 Å². The first kappa shape index (κ1) is 14.8. The van der Waals surface area contributed by atoms with E-state index in [4.69, 9.17) is 4.42 Å². The summed E-state index contributed by atoms with van der Waals surface area (Å²) in [5, 5.41) is 3.21. The lowest BCUT2D eigenvalue weighted by atomic mass is 9.99. The Morgan fingerprint density at radius 3 is 2.40 bits per heavy atom. The predicted octanol–water partition coefficient (Wildman–Crippen LogP) is 2.61. The minimum Gasteiger partial charge on any atom is -0.466 e. The van der Waals surface area contributed by atoms with Crippen LogP contribution in [0.25, 0.3) is 0 Å². The number of hydrogen-bond acceptors (Lipinski definition) is 4. The SMILES string of the molecule is CNC(c1cccc(S(C)(=O)=O)c1)c1cc(C)oc1C. The third kappa shape index (κ3) is 2.94. The van der Waals surface area contributed by atoms with Crippen LogP contribution in [-0.4, -0.2) is 21.7 Å². The van der Waals surface area contributed by atoms with E-state index in [-0.39, 0.29) is 6.04 Å². The zero-order chi connectivity index (χ0) is 14.9. The number of hydrogen-bond donors (Lipinski definition) is 1. The summed E-state index contributed by atoms with van der Waals surface area (Å²) in [7, 11) is -1.36. The summed E-state index contributed by atoms with van der Waals surface area (Å²) in [6.07, 6.45) is 1.22. The van der Waals surface area contributed by atoms with Gasteiger partial charge in [-0.1, -0.05) is 12.1 Å². The van der Waals surface area contributed by atoms with Crippen molar-refractivity contribution >= 4 is 9.84 Å². The Bertz CT molecular complexity index is 716. The van der Waals surface area contributed by atoms with Gasteiger partial charge in [-0.25, -0.2) is 8.42 Å². The normalized spacial score (nSPS) is 13.4. The molecule has 2 aromatic rings. The average Bonchev–Trinajstić information content (AvgIpc) is 2.69. The van der Waals surface area contributed by atoms with Crippen LogP contribution in [0.1, 0.15) is 28.7 Å². The molecule has 0 saturated heterocycles. The summed E-state index contributed by atoms with van der Waals surface area (Å²) in [4.78, 5) is 0.327. The van der Waals surface area contributed by atoms with Crippen LogP contribution >= 0.6 is 0 Å². The van der Waals surface area contributed by atoms with E-state index < -0.39 is 9.84 Å². The molecule has 0 spiro atoms. The molecule has 5 heteroatoms. The van der Waals surface area contributed by atoms with Crippen molar-refractivity contribution in [2.75, 3.05) is 13.3 Å². The number of benzene rings is 1. The molecule has 2 rings (SSSR count). The van der Waals surface area contributed by atoms with Gasteiger partial charge in [0.05, 0.1) is 10.9 Å². The smallest absolute Gasteiger partial charge is 0.175 e. The standard InChI is InChI=1S/C15H19NO3S/c1-10-8-14(11(2)19-10)15(16-3)12-6-5-7-13(9-12)20(4,17)18/h5-9,15-16H,1-4H3. The van der Waals surface area contributed by atoms with Gasteiger partial charge >= 0.3 is 0 Å². The van der Waals surface area contributed by atoms with E-state index in [1.165, 1.54) is 6.26 Å². The van der Waals surface area contributed by atoms with Gasteiger partial charge in [0, 0.05) is 11.8 Å². The monoisotopic (exact) mass is 293 g/mol. The molecule has 1 N–H and O–H groups in total. The third-order valence-electron chi connectivity index (χ3n) is 3.30. The van der Waals surface area contributed by atoms with Crippen molar-refractivity contribution in [1.82, 2.24) is 5.32 Å².